The van der Waals surface area contributed by atoms with Crippen LogP contribution < -0.4 is 5.56 Å². The van der Waals surface area contributed by atoms with E-state index in [2.05, 4.69) is 45.4 Å². The van der Waals surface area contributed by atoms with Crippen molar-refractivity contribution in [1.82, 2.24) is 24.7 Å². The molecule has 4 aromatic rings. The van der Waals surface area contributed by atoms with Gasteiger partial charge in [-0.2, -0.15) is 0 Å². The van der Waals surface area contributed by atoms with Crippen LogP contribution in [0.5, 0.6) is 0 Å². The summed E-state index contributed by atoms with van der Waals surface area (Å²) in [6, 6.07) is 4.15. The molecular weight excluding hydrogens is 458 g/mol. The molecule has 6 nitrogen and oxygen atoms in total. The Kier molecular flexibility index (Phi) is 6.30. The van der Waals surface area contributed by atoms with Gasteiger partial charge in [0.05, 0.1) is 11.1 Å². The van der Waals surface area contributed by atoms with E-state index in [0.29, 0.717) is 29.4 Å². The lowest BCUT2D eigenvalue weighted by Crippen LogP contribution is -2.13. The van der Waals surface area contributed by atoms with Crippen molar-refractivity contribution in [3.63, 3.8) is 0 Å². The number of aromatic nitrogens is 5. The average Bonchev–Trinajstić information content (AvgIpc) is 3.52. The second kappa shape index (κ2) is 9.33. The first-order valence-corrected chi connectivity index (χ1v) is 13.6. The third kappa shape index (κ3) is 4.21. The standard InChI is InChI=1S/C23H25N5OS3/c1-3-11-28-20(15-7-5-4-6-8-15)26-27-23(28)31-13-18-24-21(29)19-16(12-30-22(19)25-18)17-10-9-14(2)32-17/h3,9-10,12,15H,1,4-8,11,13H2,2H3,(H,24,25,29). The highest BCUT2D eigenvalue weighted by molar-refractivity contribution is 7.98. The van der Waals surface area contributed by atoms with Gasteiger partial charge in [-0.15, -0.1) is 39.4 Å². The molecule has 4 aromatic heterocycles. The third-order valence-electron chi connectivity index (χ3n) is 5.86. The number of H-pyrrole nitrogens is 1. The van der Waals surface area contributed by atoms with Gasteiger partial charge in [-0.3, -0.25) is 4.79 Å². The van der Waals surface area contributed by atoms with Crippen LogP contribution in [0.15, 0.2) is 40.1 Å². The summed E-state index contributed by atoms with van der Waals surface area (Å²) < 4.78 is 2.17. The van der Waals surface area contributed by atoms with E-state index < -0.39 is 0 Å². The van der Waals surface area contributed by atoms with Crippen LogP contribution in [-0.4, -0.2) is 24.7 Å². The maximum Gasteiger partial charge on any atom is 0.260 e. The van der Waals surface area contributed by atoms with E-state index in [0.717, 1.165) is 26.3 Å². The summed E-state index contributed by atoms with van der Waals surface area (Å²) in [5.74, 6) is 2.75. The van der Waals surface area contributed by atoms with Crippen molar-refractivity contribution in [3.8, 4) is 10.4 Å². The first-order valence-electron chi connectivity index (χ1n) is 10.9. The molecule has 0 unspecified atom stereocenters. The molecule has 32 heavy (non-hydrogen) atoms. The largest absolute Gasteiger partial charge is 0.309 e. The third-order valence-corrected chi connectivity index (χ3v) is 8.75. The monoisotopic (exact) mass is 483 g/mol. The molecule has 0 bridgehead atoms. The van der Waals surface area contributed by atoms with Gasteiger partial charge in [0.15, 0.2) is 5.16 Å². The molecule has 0 saturated heterocycles. The van der Waals surface area contributed by atoms with Crippen LogP contribution in [-0.2, 0) is 12.3 Å². The molecule has 1 N–H and O–H groups in total. The number of hydrogen-bond acceptors (Lipinski definition) is 7. The molecule has 0 radical (unpaired) electrons. The Labute approximate surface area is 198 Å². The smallest absolute Gasteiger partial charge is 0.260 e. The number of fused-ring (bicyclic) bond motifs is 1. The van der Waals surface area contributed by atoms with Crippen molar-refractivity contribution in [2.45, 2.75) is 62.4 Å². The maximum atomic E-state index is 12.9. The minimum Gasteiger partial charge on any atom is -0.309 e. The molecule has 0 aliphatic heterocycles. The topological polar surface area (TPSA) is 76.5 Å². The SMILES string of the molecule is C=CCn1c(SCc2nc3scc(-c4ccc(C)s4)c3c(=O)[nH]2)nnc1C1CCCCC1. The van der Waals surface area contributed by atoms with Crippen molar-refractivity contribution in [1.29, 1.82) is 0 Å². The van der Waals surface area contributed by atoms with Crippen LogP contribution in [0.25, 0.3) is 20.7 Å². The Hall–Kier alpha value is -2.23. The Morgan fingerprint density at radius 2 is 2.12 bits per heavy atom. The predicted molar refractivity (Wildman–Crippen MR) is 134 cm³/mol. The quantitative estimate of drug-likeness (QED) is 0.252. The van der Waals surface area contributed by atoms with Gasteiger partial charge < -0.3 is 9.55 Å². The maximum absolute atomic E-state index is 12.9. The molecule has 0 aromatic carbocycles. The lowest BCUT2D eigenvalue weighted by Gasteiger charge is -2.21. The first kappa shape index (κ1) is 21.6. The second-order valence-corrected chi connectivity index (χ2v) is 11.2. The molecule has 0 atom stereocenters. The van der Waals surface area contributed by atoms with E-state index in [1.54, 1.807) is 23.1 Å². The summed E-state index contributed by atoms with van der Waals surface area (Å²) in [5, 5.41) is 12.6. The van der Waals surface area contributed by atoms with Crippen LogP contribution in [0.2, 0.25) is 0 Å². The fourth-order valence-electron chi connectivity index (χ4n) is 4.33. The average molecular weight is 484 g/mol. The van der Waals surface area contributed by atoms with Gasteiger partial charge in [0, 0.05) is 33.2 Å². The number of aryl methyl sites for hydroxylation is 1. The minimum atomic E-state index is -0.0802. The fourth-order valence-corrected chi connectivity index (χ4v) is 7.07. The van der Waals surface area contributed by atoms with Gasteiger partial charge in [-0.05, 0) is 31.9 Å². The molecule has 0 spiro atoms. The second-order valence-electron chi connectivity index (χ2n) is 8.12. The highest BCUT2D eigenvalue weighted by atomic mass is 32.2. The van der Waals surface area contributed by atoms with Gasteiger partial charge >= 0.3 is 0 Å². The van der Waals surface area contributed by atoms with Crippen LogP contribution >= 0.6 is 34.4 Å². The van der Waals surface area contributed by atoms with E-state index in [1.807, 2.05) is 11.5 Å². The van der Waals surface area contributed by atoms with Gasteiger partial charge in [0.2, 0.25) is 0 Å². The summed E-state index contributed by atoms with van der Waals surface area (Å²) in [6.07, 6.45) is 8.07. The molecule has 4 heterocycles. The molecule has 1 saturated carbocycles. The van der Waals surface area contributed by atoms with Crippen LogP contribution in [0.1, 0.15) is 54.5 Å². The molecule has 9 heteroatoms. The zero-order chi connectivity index (χ0) is 22.1. The highest BCUT2D eigenvalue weighted by Crippen LogP contribution is 2.36. The van der Waals surface area contributed by atoms with Crippen molar-refractivity contribution in [2.24, 2.45) is 0 Å². The van der Waals surface area contributed by atoms with E-state index in [9.17, 15) is 4.79 Å². The van der Waals surface area contributed by atoms with Gasteiger partial charge in [-0.1, -0.05) is 37.1 Å². The minimum absolute atomic E-state index is 0.0802. The zero-order valence-corrected chi connectivity index (χ0v) is 20.4. The number of aromatic amines is 1. The molecule has 1 aliphatic rings. The fraction of sp³-hybridized carbons (Fsp3) is 0.391. The number of hydrogen-bond donors (Lipinski definition) is 1. The van der Waals surface area contributed by atoms with E-state index in [4.69, 9.17) is 4.98 Å². The summed E-state index contributed by atoms with van der Waals surface area (Å²) in [5.41, 5.74) is 0.891. The summed E-state index contributed by atoms with van der Waals surface area (Å²) in [7, 11) is 0. The van der Waals surface area contributed by atoms with Crippen molar-refractivity contribution in [2.75, 3.05) is 0 Å². The summed E-state index contributed by atoms with van der Waals surface area (Å²) >= 11 is 4.78. The highest BCUT2D eigenvalue weighted by Gasteiger charge is 2.23. The van der Waals surface area contributed by atoms with E-state index >= 15 is 0 Å². The molecule has 0 amide bonds. The number of nitrogens with one attached hydrogen (secondary N) is 1. The Balaban J connectivity index is 1.39. The summed E-state index contributed by atoms with van der Waals surface area (Å²) in [4.78, 5) is 23.8. The Morgan fingerprint density at radius 3 is 2.88 bits per heavy atom. The molecule has 166 valence electrons. The lowest BCUT2D eigenvalue weighted by molar-refractivity contribution is 0.415. The molecule has 1 fully saturated rings. The number of thiophene rings is 2. The van der Waals surface area contributed by atoms with Crippen molar-refractivity contribution >= 4 is 44.7 Å². The molecule has 5 rings (SSSR count). The van der Waals surface area contributed by atoms with Crippen LogP contribution in [0, 0.1) is 6.92 Å². The number of nitrogens with zero attached hydrogens (tertiary/aromatic N) is 4. The normalized spacial score (nSPS) is 14.9. The van der Waals surface area contributed by atoms with Crippen molar-refractivity contribution in [3.05, 3.63) is 57.0 Å². The van der Waals surface area contributed by atoms with E-state index in [1.165, 1.54) is 48.3 Å². The Morgan fingerprint density at radius 1 is 1.28 bits per heavy atom. The number of thioether (sulfide) groups is 1. The molecular formula is C23H25N5OS3. The van der Waals surface area contributed by atoms with Gasteiger partial charge in [-0.25, -0.2) is 4.98 Å². The zero-order valence-electron chi connectivity index (χ0n) is 18.0. The van der Waals surface area contributed by atoms with Crippen LogP contribution in [0.3, 0.4) is 0 Å². The number of allylic oxidation sites excluding steroid dienone is 1. The summed E-state index contributed by atoms with van der Waals surface area (Å²) in [6.45, 7) is 6.68. The van der Waals surface area contributed by atoms with Crippen molar-refractivity contribution < 1.29 is 0 Å². The van der Waals surface area contributed by atoms with Gasteiger partial charge in [0.25, 0.3) is 5.56 Å². The van der Waals surface area contributed by atoms with Gasteiger partial charge in [0.1, 0.15) is 16.5 Å². The molecule has 1 aliphatic carbocycles. The van der Waals surface area contributed by atoms with E-state index in [-0.39, 0.29) is 5.56 Å². The van der Waals surface area contributed by atoms with Crippen LogP contribution in [0.4, 0.5) is 0 Å². The lowest BCUT2D eigenvalue weighted by atomic mass is 9.89. The Bertz CT molecular complexity index is 1310. The number of rotatable bonds is 7. The predicted octanol–water partition coefficient (Wildman–Crippen LogP) is 6.14. The first-order chi connectivity index (χ1) is 15.6.